The molecule has 0 amide bonds. The summed E-state index contributed by atoms with van der Waals surface area (Å²) in [5.74, 6) is 0. The fraction of sp³-hybridized carbons (Fsp3) is 0.0909. The van der Waals surface area contributed by atoms with Crippen molar-refractivity contribution in [2.75, 3.05) is 0 Å². The zero-order chi connectivity index (χ0) is 21.7. The van der Waals surface area contributed by atoms with Crippen molar-refractivity contribution >= 4 is 46.7 Å². The summed E-state index contributed by atoms with van der Waals surface area (Å²) in [4.78, 5) is 21.8. The molecule has 3 rings (SSSR count). The van der Waals surface area contributed by atoms with Crippen LogP contribution in [0.4, 0.5) is 11.4 Å². The van der Waals surface area contributed by atoms with Crippen LogP contribution in [0.15, 0.2) is 72.8 Å². The van der Waals surface area contributed by atoms with E-state index in [0.717, 1.165) is 11.6 Å². The molecular formula is C22H16Cl2N2O4. The van der Waals surface area contributed by atoms with E-state index in [-0.39, 0.29) is 16.8 Å². The molecule has 152 valence electrons. The quantitative estimate of drug-likeness (QED) is 0.171. The van der Waals surface area contributed by atoms with E-state index in [2.05, 4.69) is 0 Å². The number of hydrogen-bond donors (Lipinski definition) is 0. The summed E-state index contributed by atoms with van der Waals surface area (Å²) >= 11 is 13.0. The molecule has 0 fully saturated rings. The lowest BCUT2D eigenvalue weighted by Gasteiger charge is -2.17. The molecule has 0 radical (unpaired) electrons. The normalized spacial score (nSPS) is 13.1. The Morgan fingerprint density at radius 1 is 0.733 bits per heavy atom. The summed E-state index contributed by atoms with van der Waals surface area (Å²) in [5, 5.41) is 21.4. The minimum absolute atomic E-state index is 0.115. The minimum Gasteiger partial charge on any atom is -0.258 e. The Labute approximate surface area is 182 Å². The van der Waals surface area contributed by atoms with Gasteiger partial charge in [0.1, 0.15) is 0 Å². The van der Waals surface area contributed by atoms with Gasteiger partial charge in [0.2, 0.25) is 0 Å². The third-order valence-corrected chi connectivity index (χ3v) is 5.62. The molecule has 3 aromatic rings. The molecule has 30 heavy (non-hydrogen) atoms. The van der Waals surface area contributed by atoms with Crippen LogP contribution in [-0.2, 0) is 0 Å². The monoisotopic (exact) mass is 442 g/mol. The van der Waals surface area contributed by atoms with Crippen LogP contribution in [0.1, 0.15) is 33.0 Å². The molecule has 0 aliphatic carbocycles. The van der Waals surface area contributed by atoms with Gasteiger partial charge in [-0.2, -0.15) is 0 Å². The van der Waals surface area contributed by atoms with Crippen molar-refractivity contribution in [3.05, 3.63) is 115 Å². The average Bonchev–Trinajstić information content (AvgIpc) is 2.77. The minimum atomic E-state index is -0.973. The second-order valence-electron chi connectivity index (χ2n) is 6.44. The van der Waals surface area contributed by atoms with Crippen molar-refractivity contribution in [3.8, 4) is 0 Å². The summed E-state index contributed by atoms with van der Waals surface area (Å²) < 4.78 is 0. The number of benzene rings is 3. The van der Waals surface area contributed by atoms with Crippen LogP contribution in [0, 0.1) is 20.2 Å². The first-order valence-electron chi connectivity index (χ1n) is 8.91. The number of nitro benzene ring substituents is 2. The Kier molecular flexibility index (Phi) is 6.82. The maximum Gasteiger partial charge on any atom is 0.283 e. The standard InChI is InChI=1S/C22H16Cl2N2O4/c23-21(16-9-5-2-6-10-16)22(24)18-13-17(12-11-15-7-3-1-4-8-15)19(25(27)28)14-20(18)26(29)30/h1-14,21-22H/b12-11+/t21-,22+/m1/s1. The van der Waals surface area contributed by atoms with Gasteiger partial charge in [-0.15, -0.1) is 23.2 Å². The molecule has 0 unspecified atom stereocenters. The average molecular weight is 443 g/mol. The van der Waals surface area contributed by atoms with Gasteiger partial charge >= 0.3 is 0 Å². The summed E-state index contributed by atoms with van der Waals surface area (Å²) in [6, 6.07) is 20.4. The molecule has 0 aliphatic heterocycles. The molecule has 2 atom stereocenters. The molecule has 0 bridgehead atoms. The van der Waals surface area contributed by atoms with Gasteiger partial charge in [-0.1, -0.05) is 66.7 Å². The molecule has 0 saturated carbocycles. The molecular weight excluding hydrogens is 427 g/mol. The van der Waals surface area contributed by atoms with Crippen molar-refractivity contribution < 1.29 is 9.85 Å². The van der Waals surface area contributed by atoms with Gasteiger partial charge in [-0.25, -0.2) is 0 Å². The highest BCUT2D eigenvalue weighted by Crippen LogP contribution is 2.44. The third kappa shape index (κ3) is 4.84. The smallest absolute Gasteiger partial charge is 0.258 e. The van der Waals surface area contributed by atoms with Gasteiger partial charge in [-0.3, -0.25) is 20.2 Å². The molecule has 0 N–H and O–H groups in total. The first-order chi connectivity index (χ1) is 14.4. The van der Waals surface area contributed by atoms with Crippen LogP contribution in [0.25, 0.3) is 12.2 Å². The van der Waals surface area contributed by atoms with Crippen LogP contribution >= 0.6 is 23.2 Å². The van der Waals surface area contributed by atoms with Crippen LogP contribution in [0.5, 0.6) is 0 Å². The molecule has 0 spiro atoms. The van der Waals surface area contributed by atoms with Gasteiger partial charge < -0.3 is 0 Å². The first-order valence-corrected chi connectivity index (χ1v) is 9.78. The SMILES string of the molecule is O=[N+]([O-])c1cc([N+](=O)[O-])c([C@H](Cl)[C@H](Cl)c2ccccc2)cc1/C=C/c1ccccc1. The van der Waals surface area contributed by atoms with Crippen molar-refractivity contribution in [3.63, 3.8) is 0 Å². The Balaban J connectivity index is 2.10. The van der Waals surface area contributed by atoms with Gasteiger partial charge in [0.05, 0.1) is 37.8 Å². The highest BCUT2D eigenvalue weighted by atomic mass is 35.5. The van der Waals surface area contributed by atoms with E-state index in [9.17, 15) is 20.2 Å². The fourth-order valence-corrected chi connectivity index (χ4v) is 3.60. The summed E-state index contributed by atoms with van der Waals surface area (Å²) in [5.41, 5.74) is 1.00. The maximum atomic E-state index is 11.6. The van der Waals surface area contributed by atoms with E-state index in [0.29, 0.717) is 5.56 Å². The number of nitrogens with zero attached hydrogens (tertiary/aromatic N) is 2. The zero-order valence-corrected chi connectivity index (χ0v) is 17.0. The van der Waals surface area contributed by atoms with Gasteiger partial charge in [0, 0.05) is 0 Å². The lowest BCUT2D eigenvalue weighted by Crippen LogP contribution is -2.06. The predicted molar refractivity (Wildman–Crippen MR) is 119 cm³/mol. The highest BCUT2D eigenvalue weighted by Gasteiger charge is 2.31. The summed E-state index contributed by atoms with van der Waals surface area (Å²) in [6.07, 6.45) is 3.23. The second kappa shape index (κ2) is 9.52. The van der Waals surface area contributed by atoms with Crippen molar-refractivity contribution in [1.82, 2.24) is 0 Å². The number of hydrogen-bond acceptors (Lipinski definition) is 4. The topological polar surface area (TPSA) is 86.3 Å². The van der Waals surface area contributed by atoms with E-state index in [1.165, 1.54) is 12.1 Å². The summed E-state index contributed by atoms with van der Waals surface area (Å²) in [7, 11) is 0. The molecule has 3 aromatic carbocycles. The number of alkyl halides is 2. The number of nitro groups is 2. The maximum absolute atomic E-state index is 11.6. The van der Waals surface area contributed by atoms with Crippen molar-refractivity contribution in [2.45, 2.75) is 10.8 Å². The summed E-state index contributed by atoms with van der Waals surface area (Å²) in [6.45, 7) is 0. The fourth-order valence-electron chi connectivity index (χ4n) is 3.00. The van der Waals surface area contributed by atoms with Gasteiger partial charge in [0.25, 0.3) is 11.4 Å². The van der Waals surface area contributed by atoms with Crippen LogP contribution in [0.2, 0.25) is 0 Å². The lowest BCUT2D eigenvalue weighted by atomic mass is 9.98. The van der Waals surface area contributed by atoms with Crippen LogP contribution in [0.3, 0.4) is 0 Å². The van der Waals surface area contributed by atoms with Gasteiger partial charge in [0.15, 0.2) is 0 Å². The largest absolute Gasteiger partial charge is 0.283 e. The molecule has 0 aliphatic rings. The van der Waals surface area contributed by atoms with E-state index in [1.807, 2.05) is 36.4 Å². The zero-order valence-electron chi connectivity index (χ0n) is 15.5. The molecule has 0 aromatic heterocycles. The molecule has 0 saturated heterocycles. The number of halogens is 2. The van der Waals surface area contributed by atoms with E-state index in [4.69, 9.17) is 23.2 Å². The Bertz CT molecular complexity index is 1090. The van der Waals surface area contributed by atoms with Crippen LogP contribution < -0.4 is 0 Å². The Morgan fingerprint density at radius 3 is 1.87 bits per heavy atom. The molecule has 6 nitrogen and oxygen atoms in total. The Morgan fingerprint density at radius 2 is 1.30 bits per heavy atom. The highest BCUT2D eigenvalue weighted by molar-refractivity contribution is 6.30. The number of rotatable bonds is 7. The van der Waals surface area contributed by atoms with E-state index >= 15 is 0 Å². The molecule has 8 heteroatoms. The van der Waals surface area contributed by atoms with Crippen molar-refractivity contribution in [1.29, 1.82) is 0 Å². The van der Waals surface area contributed by atoms with E-state index < -0.39 is 26.3 Å². The van der Waals surface area contributed by atoms with Crippen molar-refractivity contribution in [2.24, 2.45) is 0 Å². The predicted octanol–water partition coefficient (Wildman–Crippen LogP) is 6.93. The van der Waals surface area contributed by atoms with Crippen LogP contribution in [-0.4, -0.2) is 9.85 Å². The second-order valence-corrected chi connectivity index (χ2v) is 7.38. The first kappa shape index (κ1) is 21.5. The molecule has 0 heterocycles. The Hall–Kier alpha value is -3.22. The van der Waals surface area contributed by atoms with Gasteiger partial charge in [-0.05, 0) is 23.3 Å². The lowest BCUT2D eigenvalue weighted by molar-refractivity contribution is -0.394. The van der Waals surface area contributed by atoms with E-state index in [1.54, 1.807) is 30.3 Å². The third-order valence-electron chi connectivity index (χ3n) is 4.50.